The molecule has 1 aromatic heterocycles. The molecule has 1 fully saturated rings. The first kappa shape index (κ1) is 41.8. The molecule has 0 saturated carbocycles. The van der Waals surface area contributed by atoms with Gasteiger partial charge in [-0.05, 0) is 31.2 Å². The molecule has 1 aliphatic rings. The van der Waals surface area contributed by atoms with Gasteiger partial charge in [0.25, 0.3) is 11.2 Å². The summed E-state index contributed by atoms with van der Waals surface area (Å²) in [4.78, 5) is 39.4. The molecular weight excluding hydrogens is 758 g/mol. The van der Waals surface area contributed by atoms with Gasteiger partial charge in [-0.1, -0.05) is 60.7 Å². The number of phenolic OH excluding ortho intramolecular Hbond substituents is 1. The van der Waals surface area contributed by atoms with Crippen molar-refractivity contribution in [2.45, 2.75) is 67.7 Å². The van der Waals surface area contributed by atoms with Gasteiger partial charge in [0.2, 0.25) is 0 Å². The number of benzene rings is 3. The number of phenols is 1. The van der Waals surface area contributed by atoms with E-state index in [2.05, 4.69) is 0 Å². The normalized spacial score (nSPS) is 19.1. The number of fused-ring (bicyclic) bond motifs is 1. The maximum atomic E-state index is 14.7. The summed E-state index contributed by atoms with van der Waals surface area (Å²) < 4.78 is 124. The summed E-state index contributed by atoms with van der Waals surface area (Å²) in [5.74, 6) is -3.94. The van der Waals surface area contributed by atoms with Crippen molar-refractivity contribution >= 4 is 28.8 Å². The highest BCUT2D eigenvalue weighted by atomic mass is 19.4. The van der Waals surface area contributed by atoms with Crippen LogP contribution in [-0.4, -0.2) is 75.1 Å². The number of ether oxygens (including phenoxy) is 6. The predicted octanol–water partition coefficient (Wildman–Crippen LogP) is 7.12. The first-order valence-corrected chi connectivity index (χ1v) is 16.9. The number of esters is 2. The molecule has 5 rings (SSSR count). The van der Waals surface area contributed by atoms with E-state index in [1.54, 1.807) is 0 Å². The van der Waals surface area contributed by atoms with E-state index in [4.69, 9.17) is 32.8 Å². The molecule has 0 bridgehead atoms. The van der Waals surface area contributed by atoms with Gasteiger partial charge in [0, 0.05) is 49.6 Å². The molecule has 4 aromatic rings. The average Bonchev–Trinajstić information content (AvgIpc) is 3.86. The van der Waals surface area contributed by atoms with Crippen molar-refractivity contribution in [3.8, 4) is 11.5 Å². The fourth-order valence-corrected chi connectivity index (χ4v) is 6.33. The van der Waals surface area contributed by atoms with E-state index < -0.39 is 82.4 Å². The van der Waals surface area contributed by atoms with Crippen molar-refractivity contribution in [3.63, 3.8) is 0 Å². The Kier molecular flexibility index (Phi) is 12.2. The number of aromatic hydroxyl groups is 1. The maximum absolute atomic E-state index is 14.7. The zero-order valence-corrected chi connectivity index (χ0v) is 30.2. The van der Waals surface area contributed by atoms with E-state index in [9.17, 15) is 45.8 Å². The molecule has 56 heavy (non-hydrogen) atoms. The Morgan fingerprint density at radius 2 is 1.30 bits per heavy atom. The summed E-state index contributed by atoms with van der Waals surface area (Å²) in [5.41, 5.74) is -9.05. The van der Waals surface area contributed by atoms with Gasteiger partial charge in [0.05, 0.1) is 19.3 Å². The van der Waals surface area contributed by atoms with Crippen LogP contribution in [0.3, 0.4) is 0 Å². The van der Waals surface area contributed by atoms with Gasteiger partial charge in [0.15, 0.2) is 0 Å². The fraction of sp³-hybridized carbons (Fsp3) is 0.359. The molecule has 11 nitrogen and oxygen atoms in total. The number of hydrogen-bond acceptors (Lipinski definition) is 11. The summed E-state index contributed by atoms with van der Waals surface area (Å²) in [7, 11) is 2.75. The quantitative estimate of drug-likeness (QED) is 0.0747. The lowest BCUT2D eigenvalue weighted by atomic mass is 9.92. The summed E-state index contributed by atoms with van der Waals surface area (Å²) in [6.07, 6.45) is -13.0. The largest absolute Gasteiger partial charge is 0.507 e. The summed E-state index contributed by atoms with van der Waals surface area (Å²) in [6, 6.07) is 16.2. The van der Waals surface area contributed by atoms with Crippen LogP contribution in [0.5, 0.6) is 11.5 Å². The lowest BCUT2D eigenvalue weighted by molar-refractivity contribution is -0.278. The van der Waals surface area contributed by atoms with Gasteiger partial charge in [-0.3, -0.25) is 0 Å². The van der Waals surface area contributed by atoms with Crippen LogP contribution in [0.2, 0.25) is 0 Å². The molecule has 17 heteroatoms. The van der Waals surface area contributed by atoms with E-state index >= 15 is 0 Å². The second-order valence-electron chi connectivity index (χ2n) is 12.7. The number of carbonyl (C=O) groups excluding carboxylic acids is 2. The Hall–Kier alpha value is -5.39. The molecule has 0 unspecified atom stereocenters. The van der Waals surface area contributed by atoms with E-state index in [1.807, 2.05) is 0 Å². The molecule has 3 aromatic carbocycles. The first-order chi connectivity index (χ1) is 26.4. The highest BCUT2D eigenvalue weighted by molar-refractivity contribution is 5.89. The summed E-state index contributed by atoms with van der Waals surface area (Å²) in [5, 5.41) is 10.3. The van der Waals surface area contributed by atoms with Gasteiger partial charge in [-0.25, -0.2) is 14.4 Å². The van der Waals surface area contributed by atoms with Crippen LogP contribution in [0.4, 0.5) is 26.3 Å². The molecule has 0 aliphatic carbocycles. The van der Waals surface area contributed by atoms with Gasteiger partial charge in [0.1, 0.15) is 34.9 Å². The molecule has 1 N–H and O–H groups in total. The predicted molar refractivity (Wildman–Crippen MR) is 185 cm³/mol. The molecule has 6 atom stereocenters. The number of methoxy groups -OCH3 is 3. The molecule has 1 aliphatic heterocycles. The van der Waals surface area contributed by atoms with Gasteiger partial charge < -0.3 is 37.9 Å². The zero-order valence-electron chi connectivity index (χ0n) is 30.2. The van der Waals surface area contributed by atoms with Gasteiger partial charge in [-0.15, -0.1) is 0 Å². The third kappa shape index (κ3) is 8.24. The third-order valence-electron chi connectivity index (χ3n) is 9.17. The number of halogens is 6. The minimum Gasteiger partial charge on any atom is -0.507 e. The van der Waals surface area contributed by atoms with Crippen molar-refractivity contribution in [2.75, 3.05) is 21.3 Å². The van der Waals surface area contributed by atoms with Crippen LogP contribution in [-0.2, 0) is 44.5 Å². The van der Waals surface area contributed by atoms with Crippen LogP contribution < -0.4 is 10.4 Å². The maximum Gasteiger partial charge on any atom is 0.432 e. The summed E-state index contributed by atoms with van der Waals surface area (Å²) >= 11 is 0. The Bertz CT molecular complexity index is 2100. The number of alkyl halides is 6. The second-order valence-corrected chi connectivity index (χ2v) is 12.7. The molecule has 1 saturated heterocycles. The van der Waals surface area contributed by atoms with Crippen LogP contribution >= 0.6 is 0 Å². The Balaban J connectivity index is 1.40. The Labute approximate surface area is 315 Å². The lowest BCUT2D eigenvalue weighted by Gasteiger charge is -2.33. The minimum atomic E-state index is -5.31. The highest BCUT2D eigenvalue weighted by Crippen LogP contribution is 2.45. The first-order valence-electron chi connectivity index (χ1n) is 16.9. The molecular formula is C39H36F6O11. The van der Waals surface area contributed by atoms with E-state index in [0.717, 1.165) is 43.5 Å². The molecule has 300 valence electrons. The SMILES string of the molecule is COc1cc(O)c2c(=O)oc(/C=C/[C@H](C[C@H]3O[C@@H]3C[C@@H](C)OC(=O)[C@@](OC)(c3ccccc3)C(F)(F)F)OC(=O)[C@@](OC)(c3ccccc3)C(F)(F)F)cc2c1. The lowest BCUT2D eigenvalue weighted by Crippen LogP contribution is -2.52. The number of hydrogen-bond donors (Lipinski definition) is 1. The summed E-state index contributed by atoms with van der Waals surface area (Å²) in [6.45, 7) is 1.32. The van der Waals surface area contributed by atoms with Crippen molar-refractivity contribution in [1.29, 1.82) is 0 Å². The minimum absolute atomic E-state index is 0.147. The third-order valence-corrected chi connectivity index (χ3v) is 9.17. The van der Waals surface area contributed by atoms with Crippen molar-refractivity contribution < 1.29 is 73.9 Å². The standard InChI is InChI=1S/C39H36F6O11/c1-22(53-34(48)36(51-3,38(40,41)42)24-11-7-5-8-12-24)17-30-31(56-30)21-27(55-35(49)37(52-4,39(43,44)45)25-13-9-6-10-14-25)16-15-26-18-23-19-28(50-2)20-29(46)32(23)33(47)54-26/h5-16,18-20,22,27,30-31,46H,17,21H2,1-4H3/b16-15+/t22-,27-,30-,31-,36+,37+/m1/s1. The monoisotopic (exact) mass is 794 g/mol. The Morgan fingerprint density at radius 1 is 0.786 bits per heavy atom. The highest BCUT2D eigenvalue weighted by Gasteiger charge is 2.65. The van der Waals surface area contributed by atoms with Crippen molar-refractivity contribution in [1.82, 2.24) is 0 Å². The van der Waals surface area contributed by atoms with Crippen molar-refractivity contribution in [2.24, 2.45) is 0 Å². The Morgan fingerprint density at radius 3 is 1.80 bits per heavy atom. The number of rotatable bonds is 15. The van der Waals surface area contributed by atoms with Crippen molar-refractivity contribution in [3.05, 3.63) is 112 Å². The number of epoxide rings is 1. The molecule has 2 heterocycles. The average molecular weight is 795 g/mol. The smallest absolute Gasteiger partial charge is 0.432 e. The molecule has 0 spiro atoms. The van der Waals surface area contributed by atoms with E-state index in [0.29, 0.717) is 7.11 Å². The van der Waals surface area contributed by atoms with Crippen LogP contribution in [0.25, 0.3) is 16.8 Å². The number of carbonyl (C=O) groups is 2. The van der Waals surface area contributed by atoms with Gasteiger partial charge >= 0.3 is 29.9 Å². The topological polar surface area (TPSA) is 143 Å². The van der Waals surface area contributed by atoms with E-state index in [1.165, 1.54) is 68.6 Å². The van der Waals surface area contributed by atoms with Gasteiger partial charge in [-0.2, -0.15) is 26.3 Å². The zero-order chi connectivity index (χ0) is 41.1. The molecule has 0 radical (unpaired) electrons. The van der Waals surface area contributed by atoms with Crippen LogP contribution in [0, 0.1) is 0 Å². The van der Waals surface area contributed by atoms with Crippen LogP contribution in [0.15, 0.2) is 94.2 Å². The van der Waals surface area contributed by atoms with E-state index in [-0.39, 0.29) is 35.1 Å². The fourth-order valence-electron chi connectivity index (χ4n) is 6.33. The van der Waals surface area contributed by atoms with Crippen LogP contribution in [0.1, 0.15) is 36.7 Å². The molecule has 0 amide bonds. The second kappa shape index (κ2) is 16.4.